The minimum absolute atomic E-state index is 0.495. The van der Waals surface area contributed by atoms with Crippen LogP contribution < -0.4 is 0 Å². The largest absolute Gasteiger partial charge is 0.381 e. The zero-order chi connectivity index (χ0) is 14.3. The van der Waals surface area contributed by atoms with E-state index in [0.717, 1.165) is 25.0 Å². The third-order valence-electron chi connectivity index (χ3n) is 5.16. The molecular weight excluding hydrogens is 234 g/mol. The molecule has 2 fully saturated rings. The van der Waals surface area contributed by atoms with Crippen molar-refractivity contribution in [3.63, 3.8) is 0 Å². The minimum Gasteiger partial charge on any atom is -0.381 e. The molecule has 114 valence electrons. The van der Waals surface area contributed by atoms with Crippen LogP contribution in [0.4, 0.5) is 0 Å². The molecule has 2 aliphatic rings. The van der Waals surface area contributed by atoms with Crippen LogP contribution in [-0.4, -0.2) is 37.7 Å². The van der Waals surface area contributed by atoms with Gasteiger partial charge in [-0.1, -0.05) is 20.8 Å². The topological polar surface area (TPSA) is 12.5 Å². The zero-order valence-corrected chi connectivity index (χ0v) is 13.9. The maximum Gasteiger partial charge on any atom is 0.0468 e. The molecule has 0 N–H and O–H groups in total. The molecule has 0 atom stereocenters. The lowest BCUT2D eigenvalue weighted by Gasteiger charge is -2.47. The Morgan fingerprint density at radius 2 is 1.53 bits per heavy atom. The Balaban J connectivity index is 0.000000861. The summed E-state index contributed by atoms with van der Waals surface area (Å²) >= 11 is 0. The van der Waals surface area contributed by atoms with Crippen LogP contribution in [0.25, 0.3) is 0 Å². The van der Waals surface area contributed by atoms with Crippen LogP contribution in [0, 0.1) is 11.8 Å². The number of hydrogen-bond acceptors (Lipinski definition) is 2. The summed E-state index contributed by atoms with van der Waals surface area (Å²) in [6.45, 7) is 8.39. The molecule has 1 heterocycles. The van der Waals surface area contributed by atoms with E-state index in [-0.39, 0.29) is 0 Å². The fraction of sp³-hybridized carbons (Fsp3) is 1.00. The van der Waals surface area contributed by atoms with Crippen molar-refractivity contribution in [3.05, 3.63) is 0 Å². The lowest BCUT2D eigenvalue weighted by Crippen LogP contribution is -2.48. The van der Waals surface area contributed by atoms with Crippen LogP contribution in [0.15, 0.2) is 0 Å². The Labute approximate surface area is 120 Å². The summed E-state index contributed by atoms with van der Waals surface area (Å²) in [5.74, 6) is 1.84. The van der Waals surface area contributed by atoms with E-state index in [4.69, 9.17) is 4.74 Å². The molecule has 2 heteroatoms. The summed E-state index contributed by atoms with van der Waals surface area (Å²) < 4.78 is 5.49. The standard InChI is InChI=1S/C15H29NO.C2H6/c1-13-4-8-15(9-5-13,16(2)3)12-14-6-10-17-11-7-14;1-2/h13-14H,4-12H2,1-3H3;1-2H3. The SMILES string of the molecule is CC.CC1CCC(CC2CCOCC2)(N(C)C)CC1. The summed E-state index contributed by atoms with van der Waals surface area (Å²) in [7, 11) is 4.57. The molecule has 0 bridgehead atoms. The first-order valence-electron chi connectivity index (χ1n) is 8.37. The summed E-state index contributed by atoms with van der Waals surface area (Å²) in [5, 5.41) is 0. The predicted octanol–water partition coefficient (Wildman–Crippen LogP) is 4.34. The van der Waals surface area contributed by atoms with Gasteiger partial charge in [0.05, 0.1) is 0 Å². The van der Waals surface area contributed by atoms with E-state index in [2.05, 4.69) is 25.9 Å². The molecule has 2 nitrogen and oxygen atoms in total. The quantitative estimate of drug-likeness (QED) is 0.755. The van der Waals surface area contributed by atoms with Gasteiger partial charge in [0.2, 0.25) is 0 Å². The van der Waals surface area contributed by atoms with Gasteiger partial charge in [0.1, 0.15) is 0 Å². The Hall–Kier alpha value is -0.0800. The van der Waals surface area contributed by atoms with Crippen molar-refractivity contribution in [2.45, 2.75) is 71.3 Å². The van der Waals surface area contributed by atoms with Crippen LogP contribution in [0.5, 0.6) is 0 Å². The van der Waals surface area contributed by atoms with Crippen molar-refractivity contribution in [1.82, 2.24) is 4.90 Å². The molecule has 0 aromatic rings. The van der Waals surface area contributed by atoms with Crippen molar-refractivity contribution in [1.29, 1.82) is 0 Å². The highest BCUT2D eigenvalue weighted by Crippen LogP contribution is 2.41. The molecule has 1 saturated carbocycles. The lowest BCUT2D eigenvalue weighted by molar-refractivity contribution is 0.0149. The Kier molecular flexibility index (Phi) is 7.38. The molecule has 19 heavy (non-hydrogen) atoms. The number of rotatable bonds is 3. The van der Waals surface area contributed by atoms with Crippen LogP contribution in [-0.2, 0) is 4.74 Å². The van der Waals surface area contributed by atoms with Crippen molar-refractivity contribution in [2.24, 2.45) is 11.8 Å². The van der Waals surface area contributed by atoms with Crippen LogP contribution in [0.2, 0.25) is 0 Å². The molecule has 2 rings (SSSR count). The molecule has 0 radical (unpaired) electrons. The van der Waals surface area contributed by atoms with E-state index in [0.29, 0.717) is 5.54 Å². The number of ether oxygens (including phenoxy) is 1. The Morgan fingerprint density at radius 1 is 1.00 bits per heavy atom. The van der Waals surface area contributed by atoms with Crippen LogP contribution in [0.3, 0.4) is 0 Å². The fourth-order valence-corrected chi connectivity index (χ4v) is 3.62. The second-order valence-electron chi connectivity index (χ2n) is 6.56. The normalized spacial score (nSPS) is 32.8. The van der Waals surface area contributed by atoms with E-state index < -0.39 is 0 Å². The first kappa shape index (κ1) is 17.0. The predicted molar refractivity (Wildman–Crippen MR) is 83.6 cm³/mol. The maximum atomic E-state index is 5.49. The molecule has 1 aliphatic carbocycles. The summed E-state index contributed by atoms with van der Waals surface area (Å²) in [6, 6.07) is 0. The van der Waals surface area contributed by atoms with Gasteiger partial charge in [-0.2, -0.15) is 0 Å². The molecule has 1 aliphatic heterocycles. The highest BCUT2D eigenvalue weighted by Gasteiger charge is 2.38. The van der Waals surface area contributed by atoms with Gasteiger partial charge in [-0.3, -0.25) is 0 Å². The third kappa shape index (κ3) is 4.75. The van der Waals surface area contributed by atoms with Crippen molar-refractivity contribution >= 4 is 0 Å². The minimum atomic E-state index is 0.495. The summed E-state index contributed by atoms with van der Waals surface area (Å²) in [4.78, 5) is 2.52. The van der Waals surface area contributed by atoms with E-state index in [1.165, 1.54) is 44.9 Å². The number of nitrogens with zero attached hydrogens (tertiary/aromatic N) is 1. The van der Waals surface area contributed by atoms with Gasteiger partial charge >= 0.3 is 0 Å². The van der Waals surface area contributed by atoms with E-state index >= 15 is 0 Å². The van der Waals surface area contributed by atoms with E-state index in [1.807, 2.05) is 13.8 Å². The van der Waals surface area contributed by atoms with E-state index in [1.54, 1.807) is 0 Å². The van der Waals surface area contributed by atoms with Crippen molar-refractivity contribution in [2.75, 3.05) is 27.3 Å². The van der Waals surface area contributed by atoms with Crippen molar-refractivity contribution in [3.8, 4) is 0 Å². The molecule has 0 aromatic heterocycles. The second kappa shape index (κ2) is 8.26. The van der Waals surface area contributed by atoms with Gasteiger partial charge in [0.25, 0.3) is 0 Å². The van der Waals surface area contributed by atoms with Gasteiger partial charge in [-0.25, -0.2) is 0 Å². The van der Waals surface area contributed by atoms with Crippen molar-refractivity contribution < 1.29 is 4.74 Å². The third-order valence-corrected chi connectivity index (χ3v) is 5.16. The highest BCUT2D eigenvalue weighted by atomic mass is 16.5. The average Bonchev–Trinajstić information content (AvgIpc) is 2.45. The van der Waals surface area contributed by atoms with E-state index in [9.17, 15) is 0 Å². The van der Waals surface area contributed by atoms with Gasteiger partial charge in [-0.05, 0) is 70.9 Å². The molecular formula is C17H35NO. The monoisotopic (exact) mass is 269 g/mol. The Bertz CT molecular complexity index is 225. The Morgan fingerprint density at radius 3 is 2.00 bits per heavy atom. The first-order chi connectivity index (χ1) is 9.12. The zero-order valence-electron chi connectivity index (χ0n) is 13.9. The molecule has 1 saturated heterocycles. The second-order valence-corrected chi connectivity index (χ2v) is 6.56. The smallest absolute Gasteiger partial charge is 0.0468 e. The average molecular weight is 269 g/mol. The maximum absolute atomic E-state index is 5.49. The molecule has 0 amide bonds. The van der Waals surface area contributed by atoms with Crippen LogP contribution >= 0.6 is 0 Å². The lowest BCUT2D eigenvalue weighted by atomic mass is 9.71. The van der Waals surface area contributed by atoms with Gasteiger partial charge in [0, 0.05) is 18.8 Å². The van der Waals surface area contributed by atoms with Crippen LogP contribution in [0.1, 0.15) is 65.7 Å². The summed E-state index contributed by atoms with van der Waals surface area (Å²) in [6.07, 6.45) is 9.60. The molecule has 0 aromatic carbocycles. The summed E-state index contributed by atoms with van der Waals surface area (Å²) in [5.41, 5.74) is 0.495. The molecule has 0 spiro atoms. The number of hydrogen-bond donors (Lipinski definition) is 0. The van der Waals surface area contributed by atoms with Gasteiger partial charge < -0.3 is 9.64 Å². The first-order valence-corrected chi connectivity index (χ1v) is 8.37. The van der Waals surface area contributed by atoms with Gasteiger partial charge in [-0.15, -0.1) is 0 Å². The highest BCUT2D eigenvalue weighted by molar-refractivity contribution is 4.94. The molecule has 0 unspecified atom stereocenters. The fourth-order valence-electron chi connectivity index (χ4n) is 3.62. The van der Waals surface area contributed by atoms with Gasteiger partial charge in [0.15, 0.2) is 0 Å².